The van der Waals surface area contributed by atoms with Gasteiger partial charge in [0.25, 0.3) is 0 Å². The predicted octanol–water partition coefficient (Wildman–Crippen LogP) is 2.85. The van der Waals surface area contributed by atoms with Gasteiger partial charge in [-0.05, 0) is 12.5 Å². The highest BCUT2D eigenvalue weighted by Crippen LogP contribution is 2.34. The van der Waals surface area contributed by atoms with Gasteiger partial charge in [-0.1, -0.05) is 51.1 Å². The van der Waals surface area contributed by atoms with Crippen LogP contribution in [-0.4, -0.2) is 39.9 Å². The topological polar surface area (TPSA) is 83.9 Å². The Morgan fingerprint density at radius 1 is 1.28 bits per heavy atom. The van der Waals surface area contributed by atoms with Crippen LogP contribution in [0.3, 0.4) is 0 Å². The highest BCUT2D eigenvalue weighted by molar-refractivity contribution is 5.94. The van der Waals surface area contributed by atoms with Crippen LogP contribution in [0, 0.1) is 5.41 Å². The van der Waals surface area contributed by atoms with E-state index in [2.05, 4.69) is 0 Å². The predicted molar refractivity (Wildman–Crippen MR) is 91.7 cm³/mol. The van der Waals surface area contributed by atoms with Gasteiger partial charge in [0, 0.05) is 11.8 Å². The maximum absolute atomic E-state index is 12.6. The zero-order valence-corrected chi connectivity index (χ0v) is 15.1. The zero-order chi connectivity index (χ0) is 18.8. The van der Waals surface area contributed by atoms with E-state index >= 15 is 0 Å². The molecule has 1 aliphatic rings. The van der Waals surface area contributed by atoms with Gasteiger partial charge in [0.2, 0.25) is 5.91 Å². The highest BCUT2D eigenvalue weighted by atomic mass is 16.6. The molecule has 1 aromatic rings. The molecule has 1 aliphatic heterocycles. The van der Waals surface area contributed by atoms with E-state index in [4.69, 9.17) is 4.74 Å². The van der Waals surface area contributed by atoms with E-state index in [0.717, 1.165) is 10.5 Å². The average molecular weight is 347 g/mol. The van der Waals surface area contributed by atoms with E-state index in [0.29, 0.717) is 0 Å². The largest absolute Gasteiger partial charge is 0.439 e. The average Bonchev–Trinajstić information content (AvgIpc) is 2.89. The third kappa shape index (κ3) is 3.74. The molecule has 1 aromatic carbocycles. The van der Waals surface area contributed by atoms with Crippen LogP contribution in [0.15, 0.2) is 30.3 Å². The van der Waals surface area contributed by atoms with Crippen LogP contribution in [0.5, 0.6) is 0 Å². The van der Waals surface area contributed by atoms with Crippen LogP contribution < -0.4 is 0 Å². The van der Waals surface area contributed by atoms with Crippen molar-refractivity contribution in [3.63, 3.8) is 0 Å². The number of rotatable bonds is 6. The minimum atomic E-state index is -1.16. The van der Waals surface area contributed by atoms with Crippen molar-refractivity contribution in [3.05, 3.63) is 35.9 Å². The first-order valence-corrected chi connectivity index (χ1v) is 8.49. The maximum atomic E-state index is 12.6. The van der Waals surface area contributed by atoms with Crippen LogP contribution in [0.25, 0.3) is 0 Å². The number of hydrogen-bond acceptors (Lipinski definition) is 5. The molecular formula is C19H25NO5. The summed E-state index contributed by atoms with van der Waals surface area (Å²) in [5, 5.41) is 10.3. The fraction of sp³-hybridized carbons (Fsp3) is 0.526. The summed E-state index contributed by atoms with van der Waals surface area (Å²) in [6, 6.07) is 8.71. The molecular weight excluding hydrogens is 322 g/mol. The fourth-order valence-corrected chi connectivity index (χ4v) is 3.04. The lowest BCUT2D eigenvalue weighted by atomic mass is 9.79. The third-order valence-corrected chi connectivity index (χ3v) is 4.91. The Morgan fingerprint density at radius 2 is 1.88 bits per heavy atom. The molecule has 6 nitrogen and oxygen atoms in total. The Morgan fingerprint density at radius 3 is 2.44 bits per heavy atom. The lowest BCUT2D eigenvalue weighted by Crippen LogP contribution is -2.44. The number of aliphatic hydroxyl groups excluding tert-OH is 1. The number of carbonyl (C=O) groups excluding carboxylic acids is 3. The molecule has 0 radical (unpaired) electrons. The summed E-state index contributed by atoms with van der Waals surface area (Å²) in [5.74, 6) is -0.674. The first-order valence-electron chi connectivity index (χ1n) is 8.49. The first-order chi connectivity index (χ1) is 11.7. The van der Waals surface area contributed by atoms with E-state index in [1.165, 1.54) is 0 Å². The van der Waals surface area contributed by atoms with Gasteiger partial charge in [-0.25, -0.2) is 9.69 Å². The number of Topliss-reactive ketones (excluding diaryl/α,β-unsaturated/α-hetero) is 1. The summed E-state index contributed by atoms with van der Waals surface area (Å²) < 4.78 is 5.35. The number of cyclic esters (lactones) is 1. The van der Waals surface area contributed by atoms with Gasteiger partial charge in [0.05, 0.1) is 18.6 Å². The minimum absolute atomic E-state index is 0.132. The van der Waals surface area contributed by atoms with Gasteiger partial charge in [-0.2, -0.15) is 0 Å². The van der Waals surface area contributed by atoms with Gasteiger partial charge in [-0.15, -0.1) is 0 Å². The third-order valence-electron chi connectivity index (χ3n) is 4.91. The second-order valence-corrected chi connectivity index (χ2v) is 6.94. The van der Waals surface area contributed by atoms with E-state index < -0.39 is 35.7 Å². The number of imide groups is 1. The van der Waals surface area contributed by atoms with E-state index in [1.54, 1.807) is 27.7 Å². The number of aliphatic hydroxyl groups is 1. The molecule has 3 unspecified atom stereocenters. The number of ketones is 1. The van der Waals surface area contributed by atoms with Crippen molar-refractivity contribution in [1.82, 2.24) is 4.90 Å². The number of hydrogen-bond donors (Lipinski definition) is 1. The molecule has 0 bridgehead atoms. The van der Waals surface area contributed by atoms with Gasteiger partial charge in [0.1, 0.15) is 11.9 Å². The molecule has 1 saturated heterocycles. The molecule has 6 heteroatoms. The van der Waals surface area contributed by atoms with Crippen LogP contribution in [-0.2, 0) is 14.3 Å². The van der Waals surface area contributed by atoms with Crippen molar-refractivity contribution < 1.29 is 24.2 Å². The molecule has 2 amide bonds. The molecule has 1 fully saturated rings. The van der Waals surface area contributed by atoms with E-state index in [-0.39, 0.29) is 18.6 Å². The smallest absolute Gasteiger partial charge is 0.417 e. The Labute approximate surface area is 147 Å². The van der Waals surface area contributed by atoms with Gasteiger partial charge in [-0.3, -0.25) is 9.59 Å². The fourth-order valence-electron chi connectivity index (χ4n) is 3.04. The van der Waals surface area contributed by atoms with Crippen LogP contribution in [0.2, 0.25) is 0 Å². The van der Waals surface area contributed by atoms with Crippen molar-refractivity contribution in [3.8, 4) is 0 Å². The molecule has 0 saturated carbocycles. The van der Waals surface area contributed by atoms with Crippen LogP contribution in [0.4, 0.5) is 4.79 Å². The quantitative estimate of drug-likeness (QED) is 0.855. The van der Waals surface area contributed by atoms with Gasteiger partial charge >= 0.3 is 6.09 Å². The van der Waals surface area contributed by atoms with Gasteiger partial charge in [0.15, 0.2) is 0 Å². The second-order valence-electron chi connectivity index (χ2n) is 6.94. The number of benzene rings is 1. The Kier molecular flexibility index (Phi) is 5.62. The highest BCUT2D eigenvalue weighted by Gasteiger charge is 2.45. The van der Waals surface area contributed by atoms with Crippen molar-refractivity contribution >= 4 is 17.8 Å². The SMILES string of the molecule is CCC(=O)C(C)(C)C(O)CC(=O)N1C(=O)OC(c2ccccc2)C1C. The summed E-state index contributed by atoms with van der Waals surface area (Å²) in [6.45, 7) is 6.66. The molecule has 3 atom stereocenters. The normalized spacial score (nSPS) is 21.8. The zero-order valence-electron chi connectivity index (χ0n) is 15.1. The van der Waals surface area contributed by atoms with Crippen molar-refractivity contribution in [1.29, 1.82) is 0 Å². The van der Waals surface area contributed by atoms with E-state index in [1.807, 2.05) is 30.3 Å². The molecule has 1 heterocycles. The Balaban J connectivity index is 2.12. The molecule has 2 rings (SSSR count). The number of ether oxygens (including phenoxy) is 1. The monoisotopic (exact) mass is 347 g/mol. The molecule has 1 N–H and O–H groups in total. The summed E-state index contributed by atoms with van der Waals surface area (Å²) in [4.78, 5) is 37.7. The first kappa shape index (κ1) is 19.1. The Hall–Kier alpha value is -2.21. The number of amides is 2. The van der Waals surface area contributed by atoms with Gasteiger partial charge < -0.3 is 9.84 Å². The maximum Gasteiger partial charge on any atom is 0.417 e. The number of nitrogens with zero attached hydrogens (tertiary/aromatic N) is 1. The summed E-state index contributed by atoms with van der Waals surface area (Å²) in [5.41, 5.74) is -0.239. The molecule has 25 heavy (non-hydrogen) atoms. The molecule has 0 spiro atoms. The lowest BCUT2D eigenvalue weighted by molar-refractivity contribution is -0.138. The van der Waals surface area contributed by atoms with Crippen molar-refractivity contribution in [2.75, 3.05) is 0 Å². The second kappa shape index (κ2) is 7.35. The summed E-state index contributed by atoms with van der Waals surface area (Å²) in [7, 11) is 0. The minimum Gasteiger partial charge on any atom is -0.439 e. The molecule has 0 aromatic heterocycles. The summed E-state index contributed by atoms with van der Waals surface area (Å²) in [6.07, 6.45) is -2.46. The number of carbonyl (C=O) groups is 3. The Bertz CT molecular complexity index is 655. The lowest BCUT2D eigenvalue weighted by Gasteiger charge is -2.29. The standard InChI is InChI=1S/C19H25NO5/c1-5-14(21)19(3,4)15(22)11-16(23)20-12(2)17(25-18(20)24)13-9-7-6-8-10-13/h6-10,12,15,17,22H,5,11H2,1-4H3. The van der Waals surface area contributed by atoms with E-state index in [9.17, 15) is 19.5 Å². The van der Waals surface area contributed by atoms with Crippen LogP contribution in [0.1, 0.15) is 52.2 Å². The van der Waals surface area contributed by atoms with Crippen molar-refractivity contribution in [2.24, 2.45) is 5.41 Å². The van der Waals surface area contributed by atoms with Crippen LogP contribution >= 0.6 is 0 Å². The molecule has 0 aliphatic carbocycles. The molecule has 136 valence electrons. The summed E-state index contributed by atoms with van der Waals surface area (Å²) >= 11 is 0. The van der Waals surface area contributed by atoms with Crippen molar-refractivity contribution in [2.45, 2.75) is 58.8 Å².